The molecule has 1 N–H and O–H groups in total. The highest BCUT2D eigenvalue weighted by Crippen LogP contribution is 2.27. The first-order chi connectivity index (χ1) is 14.3. The molecule has 0 aliphatic carbocycles. The van der Waals surface area contributed by atoms with Gasteiger partial charge in [-0.3, -0.25) is 14.7 Å². The van der Waals surface area contributed by atoms with E-state index in [1.54, 1.807) is 23.7 Å². The third-order valence-electron chi connectivity index (χ3n) is 5.04. The number of hydrogen-bond donors (Lipinski definition) is 1. The first kappa shape index (κ1) is 17.9. The standard InChI is InChI=1S/C22H19N5OS/c28-21-18-14-27(13-17-12-24-22(29-17)15-5-2-1-3-6-15)10-8-19(18)25-20(26-21)16-7-4-9-23-11-16/h1-7,9,11-12H,8,10,13-14H2,(H,25,26,28). The van der Waals surface area contributed by atoms with E-state index in [0.29, 0.717) is 12.4 Å². The minimum atomic E-state index is -0.0622. The summed E-state index contributed by atoms with van der Waals surface area (Å²) >= 11 is 1.70. The molecule has 1 aliphatic heterocycles. The normalized spacial score (nSPS) is 13.9. The van der Waals surface area contributed by atoms with E-state index >= 15 is 0 Å². The van der Waals surface area contributed by atoms with Crippen molar-refractivity contribution in [1.29, 1.82) is 0 Å². The molecule has 3 aromatic heterocycles. The molecule has 4 heterocycles. The molecule has 0 radical (unpaired) electrons. The monoisotopic (exact) mass is 401 g/mol. The Morgan fingerprint density at radius 2 is 1.93 bits per heavy atom. The van der Waals surface area contributed by atoms with Gasteiger partial charge in [0.25, 0.3) is 5.56 Å². The van der Waals surface area contributed by atoms with Crippen molar-refractivity contribution in [2.24, 2.45) is 0 Å². The highest BCUT2D eigenvalue weighted by atomic mass is 32.1. The number of fused-ring (bicyclic) bond motifs is 1. The van der Waals surface area contributed by atoms with E-state index in [2.05, 4.69) is 32.0 Å². The molecule has 6 nitrogen and oxygen atoms in total. The number of rotatable bonds is 4. The molecular weight excluding hydrogens is 382 g/mol. The van der Waals surface area contributed by atoms with E-state index in [4.69, 9.17) is 4.98 Å². The molecule has 1 aliphatic rings. The number of aromatic amines is 1. The molecule has 0 amide bonds. The largest absolute Gasteiger partial charge is 0.306 e. The minimum Gasteiger partial charge on any atom is -0.306 e. The Labute approximate surface area is 171 Å². The summed E-state index contributed by atoms with van der Waals surface area (Å²) in [6.45, 7) is 2.26. The van der Waals surface area contributed by atoms with E-state index in [1.165, 1.54) is 4.88 Å². The summed E-state index contributed by atoms with van der Waals surface area (Å²) in [7, 11) is 0. The van der Waals surface area contributed by atoms with Crippen LogP contribution in [0.2, 0.25) is 0 Å². The fourth-order valence-corrected chi connectivity index (χ4v) is 4.53. The number of nitrogens with one attached hydrogen (secondary N) is 1. The lowest BCUT2D eigenvalue weighted by atomic mass is 10.1. The first-order valence-electron chi connectivity index (χ1n) is 9.51. The number of pyridine rings is 1. The molecule has 7 heteroatoms. The van der Waals surface area contributed by atoms with Gasteiger partial charge in [0.05, 0.1) is 11.3 Å². The Hall–Kier alpha value is -3.16. The van der Waals surface area contributed by atoms with Crippen LogP contribution in [0.5, 0.6) is 0 Å². The molecule has 29 heavy (non-hydrogen) atoms. The maximum atomic E-state index is 12.7. The van der Waals surface area contributed by atoms with Gasteiger partial charge in [0.15, 0.2) is 0 Å². The Balaban J connectivity index is 1.34. The first-order valence-corrected chi connectivity index (χ1v) is 10.3. The Morgan fingerprint density at radius 1 is 1.07 bits per heavy atom. The molecule has 0 spiro atoms. The molecule has 0 fully saturated rings. The van der Waals surface area contributed by atoms with Crippen LogP contribution in [0.4, 0.5) is 0 Å². The third-order valence-corrected chi connectivity index (χ3v) is 6.07. The number of benzene rings is 1. The summed E-state index contributed by atoms with van der Waals surface area (Å²) in [5, 5.41) is 1.03. The number of thiazole rings is 1. The SMILES string of the molecule is O=c1[nH]c(-c2cccnc2)nc2c1CN(Cc1cnc(-c3ccccc3)s1)CC2. The second kappa shape index (κ2) is 7.69. The average molecular weight is 401 g/mol. The number of nitrogens with zero attached hydrogens (tertiary/aromatic N) is 4. The summed E-state index contributed by atoms with van der Waals surface area (Å²) in [5.74, 6) is 0.588. The molecule has 0 bridgehead atoms. The zero-order chi connectivity index (χ0) is 19.6. The summed E-state index contributed by atoms with van der Waals surface area (Å²) in [6.07, 6.45) is 6.13. The van der Waals surface area contributed by atoms with Crippen molar-refractivity contribution in [2.75, 3.05) is 6.54 Å². The van der Waals surface area contributed by atoms with Crippen LogP contribution in [0.25, 0.3) is 22.0 Å². The van der Waals surface area contributed by atoms with E-state index in [1.807, 2.05) is 36.5 Å². The molecule has 4 aromatic rings. The summed E-state index contributed by atoms with van der Waals surface area (Å²) in [5.41, 5.74) is 3.55. The van der Waals surface area contributed by atoms with Crippen LogP contribution in [0.15, 0.2) is 65.8 Å². The summed E-state index contributed by atoms with van der Waals surface area (Å²) in [6, 6.07) is 14.0. The van der Waals surface area contributed by atoms with E-state index in [0.717, 1.165) is 46.9 Å². The molecule has 0 saturated heterocycles. The lowest BCUT2D eigenvalue weighted by molar-refractivity contribution is 0.244. The van der Waals surface area contributed by atoms with Gasteiger partial charge in [0, 0.05) is 60.6 Å². The van der Waals surface area contributed by atoms with Crippen LogP contribution in [0, 0.1) is 0 Å². The van der Waals surface area contributed by atoms with Gasteiger partial charge in [-0.05, 0) is 12.1 Å². The predicted octanol–water partition coefficient (Wildman–Crippen LogP) is 3.51. The second-order valence-corrected chi connectivity index (χ2v) is 8.16. The Morgan fingerprint density at radius 3 is 2.76 bits per heavy atom. The maximum Gasteiger partial charge on any atom is 0.255 e. The average Bonchev–Trinajstić information content (AvgIpc) is 3.24. The molecule has 0 saturated carbocycles. The molecule has 0 unspecified atom stereocenters. The van der Waals surface area contributed by atoms with Gasteiger partial charge in [-0.25, -0.2) is 9.97 Å². The van der Waals surface area contributed by atoms with Crippen molar-refractivity contribution in [3.63, 3.8) is 0 Å². The second-order valence-electron chi connectivity index (χ2n) is 7.04. The molecule has 5 rings (SSSR count). The topological polar surface area (TPSA) is 74.8 Å². The maximum absolute atomic E-state index is 12.7. The lowest BCUT2D eigenvalue weighted by Crippen LogP contribution is -2.35. The zero-order valence-electron chi connectivity index (χ0n) is 15.7. The number of aromatic nitrogens is 4. The highest BCUT2D eigenvalue weighted by molar-refractivity contribution is 7.15. The van der Waals surface area contributed by atoms with Crippen LogP contribution < -0.4 is 5.56 Å². The Kier molecular flexibility index (Phi) is 4.75. The van der Waals surface area contributed by atoms with Crippen LogP contribution in [0.1, 0.15) is 16.1 Å². The predicted molar refractivity (Wildman–Crippen MR) is 113 cm³/mol. The molecule has 144 valence electrons. The van der Waals surface area contributed by atoms with E-state index in [-0.39, 0.29) is 5.56 Å². The van der Waals surface area contributed by atoms with Gasteiger partial charge in [-0.2, -0.15) is 0 Å². The van der Waals surface area contributed by atoms with Gasteiger partial charge < -0.3 is 4.98 Å². The van der Waals surface area contributed by atoms with Gasteiger partial charge in [-0.15, -0.1) is 11.3 Å². The van der Waals surface area contributed by atoms with Crippen molar-refractivity contribution in [1.82, 2.24) is 24.8 Å². The smallest absolute Gasteiger partial charge is 0.255 e. The minimum absolute atomic E-state index is 0.0622. The van der Waals surface area contributed by atoms with Crippen LogP contribution >= 0.6 is 11.3 Å². The fraction of sp³-hybridized carbons (Fsp3) is 0.182. The van der Waals surface area contributed by atoms with Gasteiger partial charge in [0.2, 0.25) is 0 Å². The summed E-state index contributed by atoms with van der Waals surface area (Å²) in [4.78, 5) is 32.5. The van der Waals surface area contributed by atoms with Crippen LogP contribution in [-0.2, 0) is 19.5 Å². The number of H-pyrrole nitrogens is 1. The van der Waals surface area contributed by atoms with Crippen LogP contribution in [0.3, 0.4) is 0 Å². The van der Waals surface area contributed by atoms with Crippen molar-refractivity contribution >= 4 is 11.3 Å². The third kappa shape index (κ3) is 3.74. The van der Waals surface area contributed by atoms with Crippen LogP contribution in [-0.4, -0.2) is 31.4 Å². The lowest BCUT2D eigenvalue weighted by Gasteiger charge is -2.27. The fourth-order valence-electron chi connectivity index (χ4n) is 3.57. The summed E-state index contributed by atoms with van der Waals surface area (Å²) < 4.78 is 0. The van der Waals surface area contributed by atoms with Crippen molar-refractivity contribution in [3.8, 4) is 22.0 Å². The zero-order valence-corrected chi connectivity index (χ0v) is 16.5. The van der Waals surface area contributed by atoms with Gasteiger partial charge in [0.1, 0.15) is 10.8 Å². The quantitative estimate of drug-likeness (QED) is 0.566. The van der Waals surface area contributed by atoms with Crippen molar-refractivity contribution in [2.45, 2.75) is 19.5 Å². The van der Waals surface area contributed by atoms with Gasteiger partial charge >= 0.3 is 0 Å². The Bertz CT molecular complexity index is 1190. The molecular formula is C22H19N5OS. The molecule has 0 atom stereocenters. The van der Waals surface area contributed by atoms with Crippen molar-refractivity contribution < 1.29 is 0 Å². The highest BCUT2D eigenvalue weighted by Gasteiger charge is 2.22. The van der Waals surface area contributed by atoms with Gasteiger partial charge in [-0.1, -0.05) is 30.3 Å². The molecule has 1 aromatic carbocycles. The number of hydrogen-bond acceptors (Lipinski definition) is 6. The van der Waals surface area contributed by atoms with E-state index in [9.17, 15) is 4.79 Å². The van der Waals surface area contributed by atoms with E-state index < -0.39 is 0 Å². The van der Waals surface area contributed by atoms with Crippen molar-refractivity contribution in [3.05, 3.63) is 87.5 Å².